The van der Waals surface area contributed by atoms with E-state index in [1.54, 1.807) is 12.1 Å². The van der Waals surface area contributed by atoms with Crippen LogP contribution in [0.5, 0.6) is 0 Å². The van der Waals surface area contributed by atoms with Gasteiger partial charge in [0.2, 0.25) is 0 Å². The third-order valence-corrected chi connectivity index (χ3v) is 6.56. The van der Waals surface area contributed by atoms with Crippen molar-refractivity contribution in [3.05, 3.63) is 64.7 Å². The molecule has 1 atom stereocenters. The number of hydrogen-bond acceptors (Lipinski definition) is 6. The molecule has 0 bridgehead atoms. The quantitative estimate of drug-likeness (QED) is 0.176. The van der Waals surface area contributed by atoms with Crippen LogP contribution in [0.25, 0.3) is 0 Å². The van der Waals surface area contributed by atoms with E-state index in [2.05, 4.69) is 14.3 Å². The highest BCUT2D eigenvalue weighted by Crippen LogP contribution is 2.39. The zero-order valence-corrected chi connectivity index (χ0v) is 19.8. The molecule has 0 fully saturated rings. The number of hydrogen-bond donors (Lipinski definition) is 1. The van der Waals surface area contributed by atoms with Gasteiger partial charge in [-0.15, -0.1) is 0 Å². The van der Waals surface area contributed by atoms with Crippen LogP contribution < -0.4 is 0 Å². The zero-order chi connectivity index (χ0) is 26.8. The van der Waals surface area contributed by atoms with Crippen molar-refractivity contribution in [3.63, 3.8) is 0 Å². The summed E-state index contributed by atoms with van der Waals surface area (Å²) in [6.07, 6.45) is -10.4. The summed E-state index contributed by atoms with van der Waals surface area (Å²) in [5.74, 6) is 0. The molecule has 6 nitrogen and oxygen atoms in total. The molecule has 13 heteroatoms. The van der Waals surface area contributed by atoms with Crippen molar-refractivity contribution in [2.75, 3.05) is 0 Å². The van der Waals surface area contributed by atoms with Gasteiger partial charge in [-0.3, -0.25) is 9.54 Å². The van der Waals surface area contributed by atoms with Crippen molar-refractivity contribution < 1.29 is 49.2 Å². The van der Waals surface area contributed by atoms with E-state index in [1.807, 2.05) is 20.8 Å². The van der Waals surface area contributed by atoms with Crippen molar-refractivity contribution in [1.29, 1.82) is 0 Å². The molecule has 0 aliphatic carbocycles. The van der Waals surface area contributed by atoms with E-state index in [4.69, 9.17) is 0 Å². The number of oxime groups is 1. The van der Waals surface area contributed by atoms with Gasteiger partial charge in [0.1, 0.15) is 11.0 Å². The molecule has 1 N–H and O–H groups in total. The number of halogens is 6. The predicted molar refractivity (Wildman–Crippen MR) is 114 cm³/mol. The van der Waals surface area contributed by atoms with Gasteiger partial charge in [0.15, 0.2) is 0 Å². The standard InChI is InChI=1S/C22H23F6NO5S/c1-5-20(3,4)19(33-30)15-8-6-14(7-9-15)13(2)29-34-35(31,32)18-11-16(21(23,24)25)10-17(12-18)22(26,27)28/h6-12,19,30H,5H2,1-4H3/b29-13-. The van der Waals surface area contributed by atoms with Gasteiger partial charge >= 0.3 is 22.5 Å². The van der Waals surface area contributed by atoms with E-state index in [0.29, 0.717) is 17.5 Å². The van der Waals surface area contributed by atoms with Gasteiger partial charge in [0.05, 0.1) is 16.8 Å². The molecule has 2 aromatic carbocycles. The van der Waals surface area contributed by atoms with Gasteiger partial charge in [-0.2, -0.15) is 34.8 Å². The summed E-state index contributed by atoms with van der Waals surface area (Å²) in [6.45, 7) is 7.00. The topological polar surface area (TPSA) is 85.2 Å². The molecule has 194 valence electrons. The monoisotopic (exact) mass is 527 g/mol. The minimum atomic E-state index is -5.23. The highest BCUT2D eigenvalue weighted by atomic mass is 32.2. The zero-order valence-electron chi connectivity index (χ0n) is 19.0. The molecule has 35 heavy (non-hydrogen) atoms. The van der Waals surface area contributed by atoms with E-state index in [0.717, 1.165) is 0 Å². The van der Waals surface area contributed by atoms with Crippen molar-refractivity contribution in [3.8, 4) is 0 Å². The Morgan fingerprint density at radius 2 is 1.46 bits per heavy atom. The summed E-state index contributed by atoms with van der Waals surface area (Å²) >= 11 is 0. The molecule has 2 rings (SSSR count). The second-order valence-corrected chi connectivity index (χ2v) is 9.93. The third-order valence-electron chi connectivity index (χ3n) is 5.48. The van der Waals surface area contributed by atoms with Crippen LogP contribution in [0.15, 0.2) is 52.5 Å². The van der Waals surface area contributed by atoms with E-state index in [9.17, 15) is 40.0 Å². The number of nitrogens with zero attached hydrogens (tertiary/aromatic N) is 1. The van der Waals surface area contributed by atoms with Crippen LogP contribution in [0.1, 0.15) is 62.5 Å². The first kappa shape index (κ1) is 28.6. The average molecular weight is 527 g/mol. The smallest absolute Gasteiger partial charge is 0.265 e. The number of rotatable bonds is 8. The largest absolute Gasteiger partial charge is 0.416 e. The molecule has 0 aromatic heterocycles. The Balaban J connectivity index is 2.35. The average Bonchev–Trinajstić information content (AvgIpc) is 2.77. The Morgan fingerprint density at radius 3 is 1.86 bits per heavy atom. The minimum absolute atomic E-state index is 0.0284. The molecule has 0 saturated heterocycles. The van der Waals surface area contributed by atoms with Crippen LogP contribution in [0.3, 0.4) is 0 Å². The Kier molecular flexibility index (Phi) is 8.29. The lowest BCUT2D eigenvalue weighted by Crippen LogP contribution is -2.23. The predicted octanol–water partition coefficient (Wildman–Crippen LogP) is 6.82. The first-order chi connectivity index (χ1) is 15.9. The Labute approximate surface area is 198 Å². The van der Waals surface area contributed by atoms with Crippen molar-refractivity contribution in [2.45, 2.75) is 57.5 Å². The van der Waals surface area contributed by atoms with Crippen molar-refractivity contribution in [1.82, 2.24) is 0 Å². The van der Waals surface area contributed by atoms with Crippen LogP contribution >= 0.6 is 0 Å². The molecule has 0 aliphatic rings. The fourth-order valence-electron chi connectivity index (χ4n) is 3.01. The highest BCUT2D eigenvalue weighted by molar-refractivity contribution is 7.86. The summed E-state index contributed by atoms with van der Waals surface area (Å²) < 4.78 is 107. The second-order valence-electron chi connectivity index (χ2n) is 8.40. The lowest BCUT2D eigenvalue weighted by molar-refractivity contribution is -0.305. The van der Waals surface area contributed by atoms with Gasteiger partial charge in [-0.1, -0.05) is 50.2 Å². The van der Waals surface area contributed by atoms with Gasteiger partial charge in [-0.25, -0.2) is 4.89 Å². The molecular formula is C22H23F6NO5S. The van der Waals surface area contributed by atoms with Gasteiger partial charge in [-0.05, 0) is 48.1 Å². The fourth-order valence-corrected chi connectivity index (χ4v) is 3.85. The molecule has 0 heterocycles. The number of alkyl halides is 6. The van der Waals surface area contributed by atoms with Crippen LogP contribution in [0, 0.1) is 5.41 Å². The van der Waals surface area contributed by atoms with Crippen molar-refractivity contribution >= 4 is 15.8 Å². The summed E-state index contributed by atoms with van der Waals surface area (Å²) in [7, 11) is -5.12. The Hall–Kier alpha value is -2.64. The minimum Gasteiger partial charge on any atom is -0.265 e. The van der Waals surface area contributed by atoms with E-state index >= 15 is 0 Å². The third kappa shape index (κ3) is 6.95. The maximum atomic E-state index is 13.0. The van der Waals surface area contributed by atoms with Crippen LogP contribution in [-0.4, -0.2) is 19.4 Å². The van der Waals surface area contributed by atoms with Gasteiger partial charge in [0.25, 0.3) is 0 Å². The summed E-state index contributed by atoms with van der Waals surface area (Å²) in [5, 5.41) is 12.7. The Bertz CT molecular complexity index is 1140. The molecule has 1 unspecified atom stereocenters. The van der Waals surface area contributed by atoms with E-state index in [-0.39, 0.29) is 23.9 Å². The summed E-state index contributed by atoms with van der Waals surface area (Å²) in [6, 6.07) is 6.07. The molecule has 0 aliphatic heterocycles. The second kappa shape index (κ2) is 10.2. The van der Waals surface area contributed by atoms with Gasteiger partial charge in [0, 0.05) is 0 Å². The first-order valence-corrected chi connectivity index (χ1v) is 11.5. The SMILES string of the molecule is CCC(C)(C)C(OO)c1ccc(/C(C)=N\OS(=O)(=O)c2cc(C(F)(F)F)cc(C(F)(F)F)c2)cc1. The molecule has 0 spiro atoms. The lowest BCUT2D eigenvalue weighted by Gasteiger charge is -2.31. The van der Waals surface area contributed by atoms with E-state index in [1.165, 1.54) is 19.1 Å². The number of benzene rings is 2. The maximum Gasteiger partial charge on any atom is 0.416 e. The van der Waals surface area contributed by atoms with Crippen molar-refractivity contribution in [2.24, 2.45) is 10.6 Å². The summed E-state index contributed by atoms with van der Waals surface area (Å²) in [4.78, 5) is 3.26. The Morgan fingerprint density at radius 1 is 0.971 bits per heavy atom. The molecule has 2 aromatic rings. The van der Waals surface area contributed by atoms with E-state index < -0.39 is 50.0 Å². The summed E-state index contributed by atoms with van der Waals surface area (Å²) in [5.41, 5.74) is -3.11. The fraction of sp³-hybridized carbons (Fsp3) is 0.409. The molecular weight excluding hydrogens is 504 g/mol. The van der Waals surface area contributed by atoms with Crippen LogP contribution in [0.4, 0.5) is 26.3 Å². The van der Waals surface area contributed by atoms with Crippen LogP contribution in [-0.2, 0) is 31.6 Å². The molecule has 0 radical (unpaired) electrons. The normalized spacial score (nSPS) is 14.7. The lowest BCUT2D eigenvalue weighted by atomic mass is 9.80. The van der Waals surface area contributed by atoms with Crippen LogP contribution in [0.2, 0.25) is 0 Å². The highest BCUT2D eigenvalue weighted by Gasteiger charge is 2.38. The molecule has 0 saturated carbocycles. The maximum absolute atomic E-state index is 13.0. The first-order valence-electron chi connectivity index (χ1n) is 10.1. The van der Waals surface area contributed by atoms with Gasteiger partial charge < -0.3 is 0 Å². The molecule has 0 amide bonds.